The Balaban J connectivity index is 1.57. The van der Waals surface area contributed by atoms with Crippen molar-refractivity contribution in [3.63, 3.8) is 0 Å². The van der Waals surface area contributed by atoms with Crippen LogP contribution in [0.4, 0.5) is 0 Å². The molecule has 0 bridgehead atoms. The van der Waals surface area contributed by atoms with E-state index in [0.29, 0.717) is 13.2 Å². The fraction of sp³-hybridized carbons (Fsp3) is 0.923. The number of nitrogens with one attached hydrogen (secondary N) is 1. The van der Waals surface area contributed by atoms with Crippen molar-refractivity contribution < 1.29 is 14.6 Å². The lowest BCUT2D eigenvalue weighted by molar-refractivity contribution is -0.133. The number of ether oxygens (including phenoxy) is 1. The van der Waals surface area contributed by atoms with Crippen LogP contribution in [0, 0.1) is 5.92 Å². The number of rotatable bonds is 7. The number of aliphatic hydroxyl groups is 1. The van der Waals surface area contributed by atoms with E-state index in [1.54, 1.807) is 0 Å². The molecule has 18 heavy (non-hydrogen) atoms. The van der Waals surface area contributed by atoms with Crippen LogP contribution in [-0.2, 0) is 9.53 Å². The van der Waals surface area contributed by atoms with Gasteiger partial charge in [-0.05, 0) is 38.1 Å². The Morgan fingerprint density at radius 3 is 2.61 bits per heavy atom. The first-order valence-electron chi connectivity index (χ1n) is 7.00. The van der Waals surface area contributed by atoms with Gasteiger partial charge >= 0.3 is 0 Å². The van der Waals surface area contributed by atoms with Gasteiger partial charge in [0.2, 0.25) is 5.91 Å². The van der Waals surface area contributed by atoms with Crippen LogP contribution in [0.15, 0.2) is 0 Å². The Labute approximate surface area is 108 Å². The van der Waals surface area contributed by atoms with Gasteiger partial charge in [0, 0.05) is 13.1 Å². The molecule has 2 N–H and O–H groups in total. The van der Waals surface area contributed by atoms with Crippen LogP contribution in [0.3, 0.4) is 0 Å². The second-order valence-electron chi connectivity index (χ2n) is 5.25. The monoisotopic (exact) mass is 256 g/mol. The highest BCUT2D eigenvalue weighted by Gasteiger charge is 2.24. The molecule has 2 rings (SSSR count). The zero-order valence-corrected chi connectivity index (χ0v) is 10.9. The summed E-state index contributed by atoms with van der Waals surface area (Å²) in [6.07, 6.45) is 4.60. The highest BCUT2D eigenvalue weighted by Crippen LogP contribution is 2.27. The molecule has 0 radical (unpaired) electrons. The highest BCUT2D eigenvalue weighted by molar-refractivity contribution is 5.78. The Morgan fingerprint density at radius 1 is 1.28 bits per heavy atom. The van der Waals surface area contributed by atoms with Crippen molar-refractivity contribution in [2.24, 2.45) is 5.92 Å². The van der Waals surface area contributed by atoms with Gasteiger partial charge in [0.1, 0.15) is 0 Å². The zero-order chi connectivity index (χ0) is 12.8. The number of piperidine rings is 1. The van der Waals surface area contributed by atoms with Crippen molar-refractivity contribution in [3.05, 3.63) is 0 Å². The topological polar surface area (TPSA) is 61.8 Å². The molecule has 1 amide bonds. The molecular weight excluding hydrogens is 232 g/mol. The largest absolute Gasteiger partial charge is 0.394 e. The van der Waals surface area contributed by atoms with Gasteiger partial charge in [0.05, 0.1) is 25.9 Å². The maximum absolute atomic E-state index is 11.9. The number of hydrogen-bond acceptors (Lipinski definition) is 4. The summed E-state index contributed by atoms with van der Waals surface area (Å²) in [7, 11) is 0. The van der Waals surface area contributed by atoms with Crippen molar-refractivity contribution in [2.75, 3.05) is 39.4 Å². The minimum Gasteiger partial charge on any atom is -0.394 e. The van der Waals surface area contributed by atoms with Crippen LogP contribution in [-0.4, -0.2) is 61.4 Å². The van der Waals surface area contributed by atoms with Gasteiger partial charge in [-0.15, -0.1) is 0 Å². The molecule has 0 unspecified atom stereocenters. The van der Waals surface area contributed by atoms with Crippen molar-refractivity contribution in [1.29, 1.82) is 0 Å². The molecule has 5 nitrogen and oxygen atoms in total. The van der Waals surface area contributed by atoms with E-state index >= 15 is 0 Å². The first kappa shape index (κ1) is 13.8. The van der Waals surface area contributed by atoms with E-state index in [-0.39, 0.29) is 18.6 Å². The first-order valence-corrected chi connectivity index (χ1v) is 7.00. The molecular formula is C13H24N2O3. The van der Waals surface area contributed by atoms with Gasteiger partial charge in [-0.3, -0.25) is 4.79 Å². The fourth-order valence-corrected chi connectivity index (χ4v) is 2.31. The van der Waals surface area contributed by atoms with Crippen LogP contribution in [0.25, 0.3) is 0 Å². The molecule has 104 valence electrons. The van der Waals surface area contributed by atoms with Crippen LogP contribution in [0.5, 0.6) is 0 Å². The Bertz CT molecular complexity index is 261. The average molecular weight is 256 g/mol. The minimum atomic E-state index is 0.0736. The molecule has 1 heterocycles. The van der Waals surface area contributed by atoms with Gasteiger partial charge in [-0.25, -0.2) is 0 Å². The Morgan fingerprint density at radius 2 is 2.00 bits per heavy atom. The third-order valence-corrected chi connectivity index (χ3v) is 3.65. The van der Waals surface area contributed by atoms with Crippen LogP contribution >= 0.6 is 0 Å². The van der Waals surface area contributed by atoms with Crippen LogP contribution in [0.2, 0.25) is 0 Å². The Kier molecular flexibility index (Phi) is 5.41. The predicted octanol–water partition coefficient (Wildman–Crippen LogP) is -0.0141. The van der Waals surface area contributed by atoms with Gasteiger partial charge in [0.25, 0.3) is 0 Å². The number of nitrogens with zero attached hydrogens (tertiary/aromatic N) is 1. The summed E-state index contributed by atoms with van der Waals surface area (Å²) < 4.78 is 5.48. The molecule has 1 aliphatic heterocycles. The molecule has 1 saturated heterocycles. The molecule has 2 aliphatic rings. The van der Waals surface area contributed by atoms with E-state index < -0.39 is 0 Å². The van der Waals surface area contributed by atoms with E-state index in [9.17, 15) is 4.79 Å². The predicted molar refractivity (Wildman–Crippen MR) is 68.2 cm³/mol. The number of carbonyl (C=O) groups is 1. The number of amides is 1. The van der Waals surface area contributed by atoms with Crippen molar-refractivity contribution in [3.8, 4) is 0 Å². The lowest BCUT2D eigenvalue weighted by Gasteiger charge is -2.32. The molecule has 1 saturated carbocycles. The van der Waals surface area contributed by atoms with E-state index in [4.69, 9.17) is 9.84 Å². The lowest BCUT2D eigenvalue weighted by Crippen LogP contribution is -2.44. The van der Waals surface area contributed by atoms with Crippen molar-refractivity contribution >= 4 is 5.91 Å². The summed E-state index contributed by atoms with van der Waals surface area (Å²) >= 11 is 0. The average Bonchev–Trinajstić information content (AvgIpc) is 3.21. The third kappa shape index (κ3) is 4.55. The van der Waals surface area contributed by atoms with Crippen LogP contribution < -0.4 is 5.32 Å². The smallest absolute Gasteiger partial charge is 0.236 e. The second kappa shape index (κ2) is 7.07. The lowest BCUT2D eigenvalue weighted by atomic mass is 10.1. The second-order valence-corrected chi connectivity index (χ2v) is 5.25. The molecule has 1 aliphatic carbocycles. The minimum absolute atomic E-state index is 0.0736. The SMILES string of the molecule is O=C(CNCC1CC1)N1CCC(OCCO)CC1. The summed E-state index contributed by atoms with van der Waals surface area (Å²) in [4.78, 5) is 13.8. The van der Waals surface area contributed by atoms with E-state index in [1.807, 2.05) is 4.90 Å². The summed E-state index contributed by atoms with van der Waals surface area (Å²) in [6.45, 7) is 3.49. The van der Waals surface area contributed by atoms with Crippen LogP contribution in [0.1, 0.15) is 25.7 Å². The zero-order valence-electron chi connectivity index (χ0n) is 10.9. The molecule has 5 heteroatoms. The van der Waals surface area contributed by atoms with E-state index in [2.05, 4.69) is 5.32 Å². The highest BCUT2D eigenvalue weighted by atomic mass is 16.5. The van der Waals surface area contributed by atoms with Gasteiger partial charge in [0.15, 0.2) is 0 Å². The number of aliphatic hydroxyl groups excluding tert-OH is 1. The molecule has 0 atom stereocenters. The normalized spacial score (nSPS) is 21.3. The number of hydrogen-bond donors (Lipinski definition) is 2. The maximum Gasteiger partial charge on any atom is 0.236 e. The number of carbonyl (C=O) groups excluding carboxylic acids is 1. The van der Waals surface area contributed by atoms with E-state index in [1.165, 1.54) is 12.8 Å². The standard InChI is InChI=1S/C13H24N2O3/c16-7-8-18-12-3-5-15(6-4-12)13(17)10-14-9-11-1-2-11/h11-12,14,16H,1-10H2. The summed E-state index contributed by atoms with van der Waals surface area (Å²) in [5.41, 5.74) is 0. The molecule has 0 aromatic carbocycles. The maximum atomic E-state index is 11.9. The fourth-order valence-electron chi connectivity index (χ4n) is 2.31. The Hall–Kier alpha value is -0.650. The molecule has 0 spiro atoms. The summed E-state index contributed by atoms with van der Waals surface area (Å²) in [5, 5.41) is 11.9. The van der Waals surface area contributed by atoms with E-state index in [0.717, 1.165) is 38.4 Å². The quantitative estimate of drug-likeness (QED) is 0.672. The third-order valence-electron chi connectivity index (χ3n) is 3.65. The van der Waals surface area contributed by atoms with Crippen molar-refractivity contribution in [2.45, 2.75) is 31.8 Å². The summed E-state index contributed by atoms with van der Waals surface area (Å²) in [5.74, 6) is 1.02. The molecule has 0 aromatic rings. The number of likely N-dealkylation sites (tertiary alicyclic amines) is 1. The van der Waals surface area contributed by atoms with Gasteiger partial charge < -0.3 is 20.1 Å². The first-order chi connectivity index (χ1) is 8.79. The molecule has 2 fully saturated rings. The van der Waals surface area contributed by atoms with Gasteiger partial charge in [-0.1, -0.05) is 0 Å². The molecule has 0 aromatic heterocycles. The summed E-state index contributed by atoms with van der Waals surface area (Å²) in [6, 6.07) is 0. The van der Waals surface area contributed by atoms with Gasteiger partial charge in [-0.2, -0.15) is 0 Å². The van der Waals surface area contributed by atoms with Crippen molar-refractivity contribution in [1.82, 2.24) is 10.2 Å².